The van der Waals surface area contributed by atoms with Crippen molar-refractivity contribution in [3.63, 3.8) is 0 Å². The van der Waals surface area contributed by atoms with Crippen LogP contribution in [0.1, 0.15) is 24.3 Å². The number of nitrogens with two attached hydrogens (primary N) is 1. The van der Waals surface area contributed by atoms with Crippen molar-refractivity contribution < 1.29 is 0 Å². The molecule has 1 fully saturated rings. The highest BCUT2D eigenvalue weighted by atomic mass is 15.1. The van der Waals surface area contributed by atoms with Gasteiger partial charge in [-0.2, -0.15) is 0 Å². The first kappa shape index (κ1) is 10.7. The van der Waals surface area contributed by atoms with E-state index in [0.29, 0.717) is 5.92 Å². The first-order valence-electron chi connectivity index (χ1n) is 5.87. The summed E-state index contributed by atoms with van der Waals surface area (Å²) >= 11 is 0. The van der Waals surface area contributed by atoms with Gasteiger partial charge in [0.25, 0.3) is 0 Å². The van der Waals surface area contributed by atoms with Crippen LogP contribution in [0, 0.1) is 0 Å². The molecule has 1 heterocycles. The highest BCUT2D eigenvalue weighted by Crippen LogP contribution is 2.18. The number of benzene rings is 1. The van der Waals surface area contributed by atoms with Crippen LogP contribution in [0.4, 0.5) is 0 Å². The van der Waals surface area contributed by atoms with Crippen molar-refractivity contribution in [1.82, 2.24) is 4.90 Å². The molecule has 1 aromatic carbocycles. The van der Waals surface area contributed by atoms with E-state index in [0.717, 1.165) is 13.1 Å². The minimum atomic E-state index is 0.504. The minimum absolute atomic E-state index is 0.504. The molecule has 2 heteroatoms. The van der Waals surface area contributed by atoms with Gasteiger partial charge in [-0.3, -0.25) is 0 Å². The van der Waals surface area contributed by atoms with Crippen LogP contribution >= 0.6 is 0 Å². The first-order chi connectivity index (χ1) is 7.40. The second-order valence-electron chi connectivity index (χ2n) is 4.35. The Balaban J connectivity index is 1.97. The fourth-order valence-corrected chi connectivity index (χ4v) is 2.32. The summed E-state index contributed by atoms with van der Waals surface area (Å²) in [6, 6.07) is 10.6. The van der Waals surface area contributed by atoms with Crippen molar-refractivity contribution in [3.05, 3.63) is 35.9 Å². The van der Waals surface area contributed by atoms with E-state index in [2.05, 4.69) is 35.2 Å². The lowest BCUT2D eigenvalue weighted by Gasteiger charge is -2.22. The van der Waals surface area contributed by atoms with Crippen molar-refractivity contribution in [2.45, 2.75) is 18.8 Å². The van der Waals surface area contributed by atoms with Crippen LogP contribution in [-0.2, 0) is 0 Å². The number of likely N-dealkylation sites (tertiary alicyclic amines) is 1. The summed E-state index contributed by atoms with van der Waals surface area (Å²) < 4.78 is 0. The van der Waals surface area contributed by atoms with Crippen LogP contribution in [0.25, 0.3) is 0 Å². The van der Waals surface area contributed by atoms with Gasteiger partial charge in [0.2, 0.25) is 0 Å². The summed E-state index contributed by atoms with van der Waals surface area (Å²) in [5.74, 6) is 0.504. The molecule has 0 saturated carbocycles. The maximum absolute atomic E-state index is 5.86. The third-order valence-electron chi connectivity index (χ3n) is 3.23. The van der Waals surface area contributed by atoms with Gasteiger partial charge in [-0.05, 0) is 31.5 Å². The molecule has 0 amide bonds. The quantitative estimate of drug-likeness (QED) is 0.810. The lowest BCUT2D eigenvalue weighted by molar-refractivity contribution is 0.315. The van der Waals surface area contributed by atoms with Gasteiger partial charge in [0.1, 0.15) is 0 Å². The lowest BCUT2D eigenvalue weighted by Crippen LogP contribution is -2.29. The van der Waals surface area contributed by atoms with Gasteiger partial charge in [0.05, 0.1) is 0 Å². The van der Waals surface area contributed by atoms with E-state index < -0.39 is 0 Å². The monoisotopic (exact) mass is 204 g/mol. The Bertz CT molecular complexity index is 278. The van der Waals surface area contributed by atoms with Gasteiger partial charge < -0.3 is 10.6 Å². The zero-order chi connectivity index (χ0) is 10.5. The third kappa shape index (κ3) is 2.80. The molecule has 2 N–H and O–H groups in total. The molecule has 2 nitrogen and oxygen atoms in total. The number of nitrogens with zero attached hydrogens (tertiary/aromatic N) is 1. The summed E-state index contributed by atoms with van der Waals surface area (Å²) in [5.41, 5.74) is 7.24. The normalized spacial score (nSPS) is 19.3. The Labute approximate surface area is 92.1 Å². The van der Waals surface area contributed by atoms with Crippen molar-refractivity contribution in [1.29, 1.82) is 0 Å². The molecule has 15 heavy (non-hydrogen) atoms. The lowest BCUT2D eigenvalue weighted by atomic mass is 9.99. The molecule has 1 saturated heterocycles. The van der Waals surface area contributed by atoms with Crippen LogP contribution in [0.5, 0.6) is 0 Å². The highest BCUT2D eigenvalue weighted by molar-refractivity contribution is 5.20. The fourth-order valence-electron chi connectivity index (χ4n) is 2.32. The van der Waals surface area contributed by atoms with E-state index in [1.807, 2.05) is 0 Å². The van der Waals surface area contributed by atoms with Gasteiger partial charge in [-0.15, -0.1) is 0 Å². The molecule has 0 spiro atoms. The Morgan fingerprint density at radius 2 is 1.80 bits per heavy atom. The molecule has 1 aliphatic rings. The Morgan fingerprint density at radius 3 is 2.40 bits per heavy atom. The van der Waals surface area contributed by atoms with E-state index in [4.69, 9.17) is 5.73 Å². The fraction of sp³-hybridized carbons (Fsp3) is 0.538. The van der Waals surface area contributed by atoms with Crippen LogP contribution in [0.2, 0.25) is 0 Å². The van der Waals surface area contributed by atoms with Gasteiger partial charge in [0, 0.05) is 19.0 Å². The average Bonchev–Trinajstić information content (AvgIpc) is 2.80. The zero-order valence-corrected chi connectivity index (χ0v) is 9.23. The predicted molar refractivity (Wildman–Crippen MR) is 63.9 cm³/mol. The SMILES string of the molecule is NCC(CN1CCCC1)c1ccccc1. The minimum Gasteiger partial charge on any atom is -0.330 e. The average molecular weight is 204 g/mol. The summed E-state index contributed by atoms with van der Waals surface area (Å²) in [6.07, 6.45) is 2.71. The van der Waals surface area contributed by atoms with Crippen LogP contribution in [-0.4, -0.2) is 31.1 Å². The van der Waals surface area contributed by atoms with Crippen molar-refractivity contribution in [2.75, 3.05) is 26.2 Å². The molecule has 1 aromatic rings. The molecule has 0 aliphatic carbocycles. The van der Waals surface area contributed by atoms with Crippen LogP contribution in [0.15, 0.2) is 30.3 Å². The van der Waals surface area contributed by atoms with Crippen LogP contribution < -0.4 is 5.73 Å². The van der Waals surface area contributed by atoms with Crippen molar-refractivity contribution >= 4 is 0 Å². The van der Waals surface area contributed by atoms with E-state index in [1.54, 1.807) is 0 Å². The van der Waals surface area contributed by atoms with Gasteiger partial charge in [-0.25, -0.2) is 0 Å². The Hall–Kier alpha value is -0.860. The van der Waals surface area contributed by atoms with Crippen LogP contribution in [0.3, 0.4) is 0 Å². The number of rotatable bonds is 4. The van der Waals surface area contributed by atoms with Crippen molar-refractivity contribution in [3.8, 4) is 0 Å². The topological polar surface area (TPSA) is 29.3 Å². The maximum Gasteiger partial charge on any atom is 0.00888 e. The summed E-state index contributed by atoms with van der Waals surface area (Å²) in [7, 11) is 0. The standard InChI is InChI=1S/C13H20N2/c14-10-13(11-15-8-4-5-9-15)12-6-2-1-3-7-12/h1-3,6-7,13H,4-5,8-11,14H2. The maximum atomic E-state index is 5.86. The summed E-state index contributed by atoms with van der Waals surface area (Å²) in [6.45, 7) is 4.38. The smallest absolute Gasteiger partial charge is 0.00888 e. The molecule has 1 unspecified atom stereocenters. The van der Waals surface area contributed by atoms with Gasteiger partial charge in [-0.1, -0.05) is 30.3 Å². The first-order valence-corrected chi connectivity index (χ1v) is 5.87. The van der Waals surface area contributed by atoms with E-state index in [1.165, 1.54) is 31.5 Å². The van der Waals surface area contributed by atoms with E-state index in [-0.39, 0.29) is 0 Å². The summed E-state index contributed by atoms with van der Waals surface area (Å²) in [4.78, 5) is 2.53. The molecule has 82 valence electrons. The summed E-state index contributed by atoms with van der Waals surface area (Å²) in [5, 5.41) is 0. The molecular weight excluding hydrogens is 184 g/mol. The second kappa shape index (κ2) is 5.29. The number of hydrogen-bond donors (Lipinski definition) is 1. The zero-order valence-electron chi connectivity index (χ0n) is 9.23. The molecule has 0 aromatic heterocycles. The molecule has 1 atom stereocenters. The Kier molecular flexibility index (Phi) is 3.75. The van der Waals surface area contributed by atoms with Gasteiger partial charge >= 0.3 is 0 Å². The third-order valence-corrected chi connectivity index (χ3v) is 3.23. The molecule has 1 aliphatic heterocycles. The molecule has 0 bridgehead atoms. The molecular formula is C13H20N2. The second-order valence-corrected chi connectivity index (χ2v) is 4.35. The molecule has 0 radical (unpaired) electrons. The number of hydrogen-bond acceptors (Lipinski definition) is 2. The largest absolute Gasteiger partial charge is 0.330 e. The molecule has 2 rings (SSSR count). The van der Waals surface area contributed by atoms with Crippen molar-refractivity contribution in [2.24, 2.45) is 5.73 Å². The predicted octanol–water partition coefficient (Wildman–Crippen LogP) is 1.82. The Morgan fingerprint density at radius 1 is 1.13 bits per heavy atom. The van der Waals surface area contributed by atoms with Gasteiger partial charge in [0.15, 0.2) is 0 Å². The van der Waals surface area contributed by atoms with E-state index in [9.17, 15) is 0 Å². The van der Waals surface area contributed by atoms with E-state index >= 15 is 0 Å². The highest BCUT2D eigenvalue weighted by Gasteiger charge is 2.17.